The molecule has 0 aliphatic heterocycles. The first-order chi connectivity index (χ1) is 14.0. The van der Waals surface area contributed by atoms with Gasteiger partial charge < -0.3 is 20.5 Å². The fourth-order valence-corrected chi connectivity index (χ4v) is 2.67. The number of carbonyl (C=O) groups excluding carboxylic acids is 2. The van der Waals surface area contributed by atoms with Gasteiger partial charge in [-0.3, -0.25) is 14.4 Å². The molecule has 152 valence electrons. The van der Waals surface area contributed by atoms with Crippen molar-refractivity contribution < 1.29 is 24.2 Å². The molecule has 0 unspecified atom stereocenters. The normalized spacial score (nSPS) is 12.8. The lowest BCUT2D eigenvalue weighted by Gasteiger charge is -2.09. The molecular weight excluding hydrogens is 372 g/mol. The van der Waals surface area contributed by atoms with Crippen molar-refractivity contribution in [2.75, 3.05) is 6.61 Å². The largest absolute Gasteiger partial charge is 0.494 e. The van der Waals surface area contributed by atoms with Gasteiger partial charge in [0.05, 0.1) is 6.61 Å². The molecule has 2 aromatic carbocycles. The zero-order chi connectivity index (χ0) is 20.6. The van der Waals surface area contributed by atoms with E-state index in [1.807, 2.05) is 12.1 Å². The van der Waals surface area contributed by atoms with Gasteiger partial charge in [0.2, 0.25) is 0 Å². The number of carbonyl (C=O) groups is 3. The molecule has 2 amide bonds. The Kier molecular flexibility index (Phi) is 6.84. The second-order valence-corrected chi connectivity index (χ2v) is 7.00. The number of aliphatic carboxylic acids is 1. The molecule has 0 heterocycles. The molecule has 0 spiro atoms. The van der Waals surface area contributed by atoms with Crippen LogP contribution >= 0.6 is 0 Å². The smallest absolute Gasteiger partial charge is 0.303 e. The molecule has 1 aliphatic carbocycles. The fraction of sp³-hybridized carbons (Fsp3) is 0.318. The van der Waals surface area contributed by atoms with Gasteiger partial charge in [0.1, 0.15) is 5.75 Å². The van der Waals surface area contributed by atoms with E-state index in [1.165, 1.54) is 0 Å². The third-order valence-corrected chi connectivity index (χ3v) is 4.50. The quantitative estimate of drug-likeness (QED) is 0.536. The van der Waals surface area contributed by atoms with Gasteiger partial charge in [-0.2, -0.15) is 0 Å². The van der Waals surface area contributed by atoms with Crippen LogP contribution < -0.4 is 15.4 Å². The second kappa shape index (κ2) is 9.73. The Morgan fingerprint density at radius 2 is 1.55 bits per heavy atom. The zero-order valence-corrected chi connectivity index (χ0v) is 16.0. The molecule has 29 heavy (non-hydrogen) atoms. The summed E-state index contributed by atoms with van der Waals surface area (Å²) in [5.74, 6) is -0.501. The van der Waals surface area contributed by atoms with E-state index in [0.29, 0.717) is 42.5 Å². The summed E-state index contributed by atoms with van der Waals surface area (Å²) in [7, 11) is 0. The van der Waals surface area contributed by atoms with E-state index >= 15 is 0 Å². The van der Waals surface area contributed by atoms with Gasteiger partial charge in [0, 0.05) is 30.1 Å². The predicted octanol–water partition coefficient (Wildman–Crippen LogP) is 2.75. The summed E-state index contributed by atoms with van der Waals surface area (Å²) in [6.07, 6.45) is 2.60. The van der Waals surface area contributed by atoms with Crippen LogP contribution in [0, 0.1) is 0 Å². The van der Waals surface area contributed by atoms with Crippen molar-refractivity contribution in [1.82, 2.24) is 10.6 Å². The van der Waals surface area contributed by atoms with Crippen LogP contribution in [0.25, 0.3) is 0 Å². The summed E-state index contributed by atoms with van der Waals surface area (Å²) in [5, 5.41) is 14.4. The number of amides is 2. The van der Waals surface area contributed by atoms with Crippen molar-refractivity contribution >= 4 is 17.8 Å². The Labute approximate surface area is 169 Å². The molecule has 3 N–H and O–H groups in total. The summed E-state index contributed by atoms with van der Waals surface area (Å²) in [5.41, 5.74) is 1.95. The predicted molar refractivity (Wildman–Crippen MR) is 107 cm³/mol. The van der Waals surface area contributed by atoms with Crippen molar-refractivity contribution in [3.63, 3.8) is 0 Å². The molecule has 1 aliphatic rings. The van der Waals surface area contributed by atoms with Crippen molar-refractivity contribution in [2.45, 2.75) is 38.3 Å². The number of ether oxygens (including phenoxy) is 1. The zero-order valence-electron chi connectivity index (χ0n) is 16.0. The van der Waals surface area contributed by atoms with Crippen molar-refractivity contribution in [2.24, 2.45) is 0 Å². The lowest BCUT2D eigenvalue weighted by molar-refractivity contribution is -0.137. The summed E-state index contributed by atoms with van der Waals surface area (Å²) in [6.45, 7) is 0.707. The fourth-order valence-electron chi connectivity index (χ4n) is 2.67. The molecule has 1 fully saturated rings. The minimum Gasteiger partial charge on any atom is -0.494 e. The van der Waals surface area contributed by atoms with Crippen LogP contribution in [0.2, 0.25) is 0 Å². The molecule has 1 saturated carbocycles. The molecule has 2 aromatic rings. The maximum atomic E-state index is 12.3. The summed E-state index contributed by atoms with van der Waals surface area (Å²) in [4.78, 5) is 34.7. The van der Waals surface area contributed by atoms with E-state index in [-0.39, 0.29) is 18.2 Å². The molecule has 3 rings (SSSR count). The molecular formula is C22H24N2O5. The van der Waals surface area contributed by atoms with Crippen molar-refractivity contribution in [1.29, 1.82) is 0 Å². The van der Waals surface area contributed by atoms with E-state index in [2.05, 4.69) is 10.6 Å². The first kappa shape index (κ1) is 20.4. The van der Waals surface area contributed by atoms with Crippen LogP contribution in [0.1, 0.15) is 52.0 Å². The Hall–Kier alpha value is -3.35. The molecule has 0 aromatic heterocycles. The van der Waals surface area contributed by atoms with Crippen LogP contribution in [0.5, 0.6) is 5.75 Å². The maximum absolute atomic E-state index is 12.3. The molecule has 0 radical (unpaired) electrons. The van der Waals surface area contributed by atoms with Crippen LogP contribution in [-0.2, 0) is 11.3 Å². The summed E-state index contributed by atoms with van der Waals surface area (Å²) < 4.78 is 5.48. The van der Waals surface area contributed by atoms with Crippen LogP contribution in [0.3, 0.4) is 0 Å². The van der Waals surface area contributed by atoms with E-state index in [1.54, 1.807) is 36.4 Å². The lowest BCUT2D eigenvalue weighted by atomic mass is 10.1. The number of hydrogen-bond acceptors (Lipinski definition) is 4. The number of carboxylic acid groups (broad SMARTS) is 1. The topological polar surface area (TPSA) is 105 Å². The SMILES string of the molecule is O=C(O)CCCOc1ccc(CNC(=O)c2ccc(C(=O)NC3CC3)cc2)cc1. The molecule has 0 bridgehead atoms. The first-order valence-electron chi connectivity index (χ1n) is 9.64. The number of carboxylic acids is 1. The Balaban J connectivity index is 1.43. The van der Waals surface area contributed by atoms with Gasteiger partial charge in [-0.15, -0.1) is 0 Å². The van der Waals surface area contributed by atoms with Gasteiger partial charge in [-0.25, -0.2) is 0 Å². The van der Waals surface area contributed by atoms with Gasteiger partial charge >= 0.3 is 5.97 Å². The standard InChI is InChI=1S/C22H24N2O5/c25-20(26)2-1-13-29-19-11-3-15(4-12-19)14-23-21(27)16-5-7-17(8-6-16)22(28)24-18-9-10-18/h3-8,11-12,18H,1-2,9-10,13-14H2,(H,23,27)(H,24,28)(H,25,26). The second-order valence-electron chi connectivity index (χ2n) is 7.00. The number of benzene rings is 2. The first-order valence-corrected chi connectivity index (χ1v) is 9.64. The van der Waals surface area contributed by atoms with E-state index in [9.17, 15) is 14.4 Å². The minimum atomic E-state index is -0.837. The van der Waals surface area contributed by atoms with Gasteiger partial charge in [-0.1, -0.05) is 12.1 Å². The summed E-state index contributed by atoms with van der Waals surface area (Å²) in [6, 6.07) is 14.2. The lowest BCUT2D eigenvalue weighted by Crippen LogP contribution is -2.26. The summed E-state index contributed by atoms with van der Waals surface area (Å²) >= 11 is 0. The average Bonchev–Trinajstić information content (AvgIpc) is 3.54. The van der Waals surface area contributed by atoms with Gasteiger partial charge in [-0.05, 0) is 61.2 Å². The van der Waals surface area contributed by atoms with E-state index in [0.717, 1.165) is 18.4 Å². The van der Waals surface area contributed by atoms with Crippen LogP contribution in [0.4, 0.5) is 0 Å². The highest BCUT2D eigenvalue weighted by Crippen LogP contribution is 2.19. The van der Waals surface area contributed by atoms with Crippen LogP contribution in [-0.4, -0.2) is 35.5 Å². The Morgan fingerprint density at radius 3 is 2.14 bits per heavy atom. The van der Waals surface area contributed by atoms with Crippen molar-refractivity contribution in [3.05, 3.63) is 65.2 Å². The average molecular weight is 396 g/mol. The highest BCUT2D eigenvalue weighted by molar-refractivity contribution is 5.98. The van der Waals surface area contributed by atoms with Gasteiger partial charge in [0.25, 0.3) is 11.8 Å². The van der Waals surface area contributed by atoms with E-state index in [4.69, 9.17) is 9.84 Å². The maximum Gasteiger partial charge on any atom is 0.303 e. The monoisotopic (exact) mass is 396 g/mol. The Morgan fingerprint density at radius 1 is 0.931 bits per heavy atom. The minimum absolute atomic E-state index is 0.0796. The number of rotatable bonds is 10. The number of hydrogen-bond donors (Lipinski definition) is 3. The molecule has 0 saturated heterocycles. The highest BCUT2D eigenvalue weighted by Gasteiger charge is 2.23. The molecule has 7 heteroatoms. The third kappa shape index (κ3) is 6.64. The molecule has 0 atom stereocenters. The molecule has 7 nitrogen and oxygen atoms in total. The number of nitrogens with one attached hydrogen (secondary N) is 2. The Bertz CT molecular complexity index is 858. The third-order valence-electron chi connectivity index (χ3n) is 4.50. The van der Waals surface area contributed by atoms with Gasteiger partial charge in [0.15, 0.2) is 0 Å². The highest BCUT2D eigenvalue weighted by atomic mass is 16.5. The van der Waals surface area contributed by atoms with Crippen LogP contribution in [0.15, 0.2) is 48.5 Å². The van der Waals surface area contributed by atoms with E-state index < -0.39 is 5.97 Å². The van der Waals surface area contributed by atoms with Crippen molar-refractivity contribution in [3.8, 4) is 5.75 Å².